The molecule has 2 nitrogen and oxygen atoms in total. The highest BCUT2D eigenvalue weighted by Gasteiger charge is 2.70. The molecule has 0 saturated carbocycles. The standard InChI is InChI=1S/C11H10BrF6NO/c1-2-5-20-8-4-3-7(6-19-8)9(12,10(13,14)15)11(16,17)18/h3-4,6H,2,5H2,1H3. The second-order valence-electron chi connectivity index (χ2n) is 3.89. The van der Waals surface area contributed by atoms with Crippen LogP contribution in [0.2, 0.25) is 0 Å². The summed E-state index contributed by atoms with van der Waals surface area (Å²) >= 11 is 1.78. The van der Waals surface area contributed by atoms with Crippen LogP contribution >= 0.6 is 15.9 Å². The van der Waals surface area contributed by atoms with E-state index in [1.807, 2.05) is 0 Å². The number of nitrogens with zero attached hydrogens (tertiary/aromatic N) is 1. The number of aromatic nitrogens is 1. The van der Waals surface area contributed by atoms with Crippen molar-refractivity contribution in [3.05, 3.63) is 23.9 Å². The van der Waals surface area contributed by atoms with Crippen LogP contribution in [0.3, 0.4) is 0 Å². The van der Waals surface area contributed by atoms with E-state index in [-0.39, 0.29) is 12.5 Å². The zero-order valence-electron chi connectivity index (χ0n) is 10.1. The van der Waals surface area contributed by atoms with Crippen LogP contribution in [0.4, 0.5) is 26.3 Å². The monoisotopic (exact) mass is 365 g/mol. The highest BCUT2D eigenvalue weighted by molar-refractivity contribution is 9.09. The Balaban J connectivity index is 3.17. The third-order valence-electron chi connectivity index (χ3n) is 2.37. The van der Waals surface area contributed by atoms with Crippen molar-refractivity contribution in [3.63, 3.8) is 0 Å². The molecule has 0 saturated heterocycles. The number of hydrogen-bond donors (Lipinski definition) is 0. The Morgan fingerprint density at radius 1 is 1.10 bits per heavy atom. The summed E-state index contributed by atoms with van der Waals surface area (Å²) in [5, 5.41) is 0. The molecule has 0 atom stereocenters. The highest BCUT2D eigenvalue weighted by Crippen LogP contribution is 2.56. The van der Waals surface area contributed by atoms with Gasteiger partial charge in [-0.15, -0.1) is 0 Å². The second kappa shape index (κ2) is 5.79. The van der Waals surface area contributed by atoms with Gasteiger partial charge in [0.1, 0.15) is 0 Å². The largest absolute Gasteiger partial charge is 0.478 e. The first kappa shape index (κ1) is 17.1. The van der Waals surface area contributed by atoms with E-state index in [0.29, 0.717) is 18.7 Å². The Morgan fingerprint density at radius 3 is 2.00 bits per heavy atom. The quantitative estimate of drug-likeness (QED) is 0.575. The van der Waals surface area contributed by atoms with Gasteiger partial charge in [-0.1, -0.05) is 28.9 Å². The highest BCUT2D eigenvalue weighted by atomic mass is 79.9. The number of pyridine rings is 1. The molecule has 1 rings (SSSR count). The average Bonchev–Trinajstić information content (AvgIpc) is 2.33. The number of halogens is 7. The first-order valence-corrected chi connectivity index (χ1v) is 6.25. The molecule has 1 aromatic heterocycles. The van der Waals surface area contributed by atoms with Crippen LogP contribution in [0.25, 0.3) is 0 Å². The third kappa shape index (κ3) is 3.18. The Hall–Kier alpha value is -0.990. The molecule has 0 N–H and O–H groups in total. The van der Waals surface area contributed by atoms with Crippen LogP contribution in [0.5, 0.6) is 5.88 Å². The van der Waals surface area contributed by atoms with Gasteiger partial charge in [-0.25, -0.2) is 4.98 Å². The summed E-state index contributed by atoms with van der Waals surface area (Å²) in [5.74, 6) is -0.0326. The van der Waals surface area contributed by atoms with Gasteiger partial charge in [0.15, 0.2) is 0 Å². The molecule has 0 aliphatic carbocycles. The van der Waals surface area contributed by atoms with E-state index in [4.69, 9.17) is 4.74 Å². The predicted octanol–water partition coefficient (Wildman–Crippen LogP) is 4.59. The fourth-order valence-corrected chi connectivity index (χ4v) is 1.60. The van der Waals surface area contributed by atoms with E-state index < -0.39 is 22.2 Å². The summed E-state index contributed by atoms with van der Waals surface area (Å²) in [4.78, 5) is 3.46. The van der Waals surface area contributed by atoms with Crippen molar-refractivity contribution in [2.75, 3.05) is 6.61 Å². The maximum Gasteiger partial charge on any atom is 0.416 e. The summed E-state index contributed by atoms with van der Waals surface area (Å²) in [6.45, 7) is 2.07. The molecule has 0 fully saturated rings. The minimum absolute atomic E-state index is 0.0326. The molecule has 9 heteroatoms. The molecule has 0 unspecified atom stereocenters. The van der Waals surface area contributed by atoms with Gasteiger partial charge in [0.25, 0.3) is 0 Å². The molecule has 1 aromatic rings. The van der Waals surface area contributed by atoms with Crippen molar-refractivity contribution in [2.45, 2.75) is 30.0 Å². The molecule has 0 aromatic carbocycles. The SMILES string of the molecule is CCCOc1ccc(C(Br)(C(F)(F)F)C(F)(F)F)cn1. The van der Waals surface area contributed by atoms with Gasteiger partial charge in [-0.05, 0) is 6.42 Å². The molecule has 0 radical (unpaired) electrons. The van der Waals surface area contributed by atoms with E-state index in [9.17, 15) is 26.3 Å². The lowest BCUT2D eigenvalue weighted by atomic mass is 9.99. The normalized spacial score (nSPS) is 13.4. The van der Waals surface area contributed by atoms with Gasteiger partial charge in [0.2, 0.25) is 10.2 Å². The Morgan fingerprint density at radius 2 is 1.65 bits per heavy atom. The van der Waals surface area contributed by atoms with Crippen molar-refractivity contribution in [3.8, 4) is 5.88 Å². The average molecular weight is 366 g/mol. The maximum atomic E-state index is 12.8. The lowest BCUT2D eigenvalue weighted by Crippen LogP contribution is -2.49. The Bertz CT molecular complexity index is 428. The fourth-order valence-electron chi connectivity index (χ4n) is 1.36. The summed E-state index contributed by atoms with van der Waals surface area (Å²) in [7, 11) is 0. The van der Waals surface area contributed by atoms with Crippen LogP contribution in [0, 0.1) is 0 Å². The summed E-state index contributed by atoms with van der Waals surface area (Å²) < 4.78 is 77.4. The van der Waals surface area contributed by atoms with Crippen LogP contribution in [-0.2, 0) is 4.32 Å². The fraction of sp³-hybridized carbons (Fsp3) is 0.545. The lowest BCUT2D eigenvalue weighted by molar-refractivity contribution is -0.266. The van der Waals surface area contributed by atoms with E-state index >= 15 is 0 Å². The molecule has 0 aliphatic heterocycles. The molecule has 0 bridgehead atoms. The number of ether oxygens (including phenoxy) is 1. The topological polar surface area (TPSA) is 22.1 Å². The van der Waals surface area contributed by atoms with Gasteiger partial charge >= 0.3 is 12.4 Å². The molecular formula is C11H10BrF6NO. The molecule has 0 spiro atoms. The molecule has 1 heterocycles. The summed E-state index contributed by atoms with van der Waals surface area (Å²) in [5.41, 5.74) is -1.05. The zero-order valence-corrected chi connectivity index (χ0v) is 11.7. The van der Waals surface area contributed by atoms with Crippen molar-refractivity contribution in [2.24, 2.45) is 0 Å². The molecular weight excluding hydrogens is 356 g/mol. The van der Waals surface area contributed by atoms with Gasteiger partial charge in [0.05, 0.1) is 6.61 Å². The second-order valence-corrected chi connectivity index (χ2v) is 5.08. The number of rotatable bonds is 4. The van der Waals surface area contributed by atoms with Crippen LogP contribution in [0.1, 0.15) is 18.9 Å². The predicted molar refractivity (Wildman–Crippen MR) is 62.7 cm³/mol. The first-order valence-electron chi connectivity index (χ1n) is 5.45. The van der Waals surface area contributed by atoms with E-state index in [0.717, 1.165) is 6.07 Å². The van der Waals surface area contributed by atoms with E-state index in [2.05, 4.69) is 4.98 Å². The number of alkyl halides is 7. The van der Waals surface area contributed by atoms with Crippen LogP contribution in [-0.4, -0.2) is 23.9 Å². The molecule has 114 valence electrons. The molecule has 0 amide bonds. The van der Waals surface area contributed by atoms with E-state index in [1.165, 1.54) is 0 Å². The number of hydrogen-bond acceptors (Lipinski definition) is 2. The van der Waals surface area contributed by atoms with E-state index in [1.54, 1.807) is 22.9 Å². The van der Waals surface area contributed by atoms with Gasteiger partial charge < -0.3 is 4.74 Å². The van der Waals surface area contributed by atoms with Crippen molar-refractivity contribution in [1.82, 2.24) is 4.98 Å². The Labute approximate surface area is 119 Å². The van der Waals surface area contributed by atoms with Gasteiger partial charge in [-0.3, -0.25) is 0 Å². The van der Waals surface area contributed by atoms with Crippen molar-refractivity contribution >= 4 is 15.9 Å². The summed E-state index contributed by atoms with van der Waals surface area (Å²) in [6.07, 6.45) is -9.98. The van der Waals surface area contributed by atoms with Gasteiger partial charge in [-0.2, -0.15) is 26.3 Å². The Kier molecular flexibility index (Phi) is 4.94. The smallest absolute Gasteiger partial charge is 0.416 e. The minimum Gasteiger partial charge on any atom is -0.478 e. The maximum absolute atomic E-state index is 12.8. The van der Waals surface area contributed by atoms with Crippen LogP contribution < -0.4 is 4.74 Å². The minimum atomic E-state index is -5.56. The first-order chi connectivity index (χ1) is 9.04. The third-order valence-corrected chi connectivity index (χ3v) is 3.73. The molecule has 20 heavy (non-hydrogen) atoms. The van der Waals surface area contributed by atoms with Crippen molar-refractivity contribution in [1.29, 1.82) is 0 Å². The molecule has 0 aliphatic rings. The van der Waals surface area contributed by atoms with Crippen molar-refractivity contribution < 1.29 is 31.1 Å². The lowest BCUT2D eigenvalue weighted by Gasteiger charge is -2.32. The summed E-state index contributed by atoms with van der Waals surface area (Å²) in [6, 6.07) is 1.66. The zero-order chi connectivity index (χ0) is 15.6. The van der Waals surface area contributed by atoms with Gasteiger partial charge in [0, 0.05) is 17.8 Å². The van der Waals surface area contributed by atoms with Crippen LogP contribution in [0.15, 0.2) is 18.3 Å².